The van der Waals surface area contributed by atoms with Crippen LogP contribution in [0.5, 0.6) is 0 Å². The average Bonchev–Trinajstić information content (AvgIpc) is 3.41. The first-order valence-electron chi connectivity index (χ1n) is 27.8. The number of hydrogen-bond donors (Lipinski definition) is 7. The fourth-order valence-corrected chi connectivity index (χ4v) is 7.73. The van der Waals surface area contributed by atoms with Gasteiger partial charge in [-0.1, -0.05) is 167 Å². The summed E-state index contributed by atoms with van der Waals surface area (Å²) in [5, 5.41) is 72.3. The van der Waals surface area contributed by atoms with E-state index in [0.717, 1.165) is 109 Å². The zero-order valence-electron chi connectivity index (χ0n) is 45.2. The van der Waals surface area contributed by atoms with E-state index in [-0.39, 0.29) is 19.6 Å². The van der Waals surface area contributed by atoms with Crippen LogP contribution in [0.15, 0.2) is 134 Å². The number of allylic oxidation sites excluding steroid dienone is 22. The number of esters is 1. The monoisotopic (exact) mass is 1050 g/mol. The van der Waals surface area contributed by atoms with E-state index in [1.807, 2.05) is 6.08 Å². The molecular formula is C61H96O14. The summed E-state index contributed by atoms with van der Waals surface area (Å²) in [5.41, 5.74) is 0. The first-order chi connectivity index (χ1) is 36.6. The standard InChI is InChI=1S/C61H96O14/c1-3-5-7-9-11-13-15-17-19-21-23-24-25-26-27-28-30-32-34-36-38-40-42-44-53(63)73-50(47-70-45-43-41-39-37-35-33-31-29-22-20-18-16-14-12-10-8-6-4-2)48-71-60-59(69)57(67)55(65)52(75-60)49-72-61-58(68)56(66)54(64)51(46-62)74-61/h5-8,11-14,17-20,23-24,26-27,29-32,36,38,50-52,54-62,64-69H,3-4,9-10,15-16,21-22,25,28,33-35,37,39-49H2,1-2H3/b7-5-,8-6-,13-11-,14-12-,19-17-,20-18-,24-23-,27-26-,31-29-,32-30-,38-36-. The third kappa shape index (κ3) is 33.1. The van der Waals surface area contributed by atoms with Crippen molar-refractivity contribution >= 4 is 5.97 Å². The molecule has 0 saturated carbocycles. The van der Waals surface area contributed by atoms with E-state index in [9.17, 15) is 40.5 Å². The molecule has 2 rings (SSSR count). The van der Waals surface area contributed by atoms with E-state index >= 15 is 0 Å². The van der Waals surface area contributed by atoms with Crippen LogP contribution in [-0.4, -0.2) is 142 Å². The minimum absolute atomic E-state index is 0.0150. The molecule has 7 N–H and O–H groups in total. The highest BCUT2D eigenvalue weighted by atomic mass is 16.7. The van der Waals surface area contributed by atoms with Gasteiger partial charge < -0.3 is 64.2 Å². The first-order valence-corrected chi connectivity index (χ1v) is 27.8. The number of unbranched alkanes of at least 4 members (excludes halogenated alkanes) is 6. The summed E-state index contributed by atoms with van der Waals surface area (Å²) in [6.45, 7) is 3.30. The van der Waals surface area contributed by atoms with Gasteiger partial charge in [0.25, 0.3) is 0 Å². The molecule has 0 radical (unpaired) electrons. The van der Waals surface area contributed by atoms with Crippen molar-refractivity contribution in [3.63, 3.8) is 0 Å². The predicted molar refractivity (Wildman–Crippen MR) is 297 cm³/mol. The molecule has 0 spiro atoms. The minimum atomic E-state index is -1.73. The van der Waals surface area contributed by atoms with Gasteiger partial charge >= 0.3 is 5.97 Å². The van der Waals surface area contributed by atoms with Gasteiger partial charge in [0, 0.05) is 13.0 Å². The fraction of sp³-hybridized carbons (Fsp3) is 0.623. The maximum atomic E-state index is 13.0. The van der Waals surface area contributed by atoms with Crippen molar-refractivity contribution in [2.45, 2.75) is 210 Å². The van der Waals surface area contributed by atoms with Crippen molar-refractivity contribution in [1.29, 1.82) is 0 Å². The number of carbonyl (C=O) groups is 1. The van der Waals surface area contributed by atoms with E-state index in [2.05, 4.69) is 141 Å². The van der Waals surface area contributed by atoms with Crippen LogP contribution < -0.4 is 0 Å². The molecule has 424 valence electrons. The summed E-state index contributed by atoms with van der Waals surface area (Å²) >= 11 is 0. The van der Waals surface area contributed by atoms with E-state index in [4.69, 9.17) is 28.4 Å². The van der Waals surface area contributed by atoms with Gasteiger partial charge in [0.05, 0.1) is 26.4 Å². The summed E-state index contributed by atoms with van der Waals surface area (Å²) in [7, 11) is 0. The van der Waals surface area contributed by atoms with Crippen LogP contribution in [0.3, 0.4) is 0 Å². The van der Waals surface area contributed by atoms with Crippen LogP contribution in [0.25, 0.3) is 0 Å². The third-order valence-electron chi connectivity index (χ3n) is 12.2. The van der Waals surface area contributed by atoms with Gasteiger partial charge in [-0.15, -0.1) is 0 Å². The number of carbonyl (C=O) groups excluding carboxylic acids is 1. The number of rotatable bonds is 42. The second-order valence-electron chi connectivity index (χ2n) is 18.6. The van der Waals surface area contributed by atoms with Crippen LogP contribution in [0.2, 0.25) is 0 Å². The molecule has 0 aromatic heterocycles. The lowest BCUT2D eigenvalue weighted by atomic mass is 9.98. The molecule has 75 heavy (non-hydrogen) atoms. The van der Waals surface area contributed by atoms with Gasteiger partial charge in [-0.05, 0) is 103 Å². The summed E-state index contributed by atoms with van der Waals surface area (Å²) in [4.78, 5) is 13.0. The zero-order valence-corrected chi connectivity index (χ0v) is 45.2. The highest BCUT2D eigenvalue weighted by Gasteiger charge is 2.47. The molecule has 2 aliphatic rings. The third-order valence-corrected chi connectivity index (χ3v) is 12.2. The van der Waals surface area contributed by atoms with Crippen LogP contribution in [0.1, 0.15) is 142 Å². The SMILES string of the molecule is CC/C=C\C/C=C\C/C=C\C/C=C\C/C=C\C/C=C\C/C=C\CCCC(=O)OC(COCCCCCCC/C=C\C/C=C\C/C=C\C/C=C\CC)COC1OC(COC2OC(CO)C(O)C(O)C2O)C(O)C(O)C1O. The molecule has 14 nitrogen and oxygen atoms in total. The van der Waals surface area contributed by atoms with Crippen LogP contribution >= 0.6 is 0 Å². The van der Waals surface area contributed by atoms with Gasteiger partial charge in [0.1, 0.15) is 54.9 Å². The molecule has 11 unspecified atom stereocenters. The van der Waals surface area contributed by atoms with Crippen molar-refractivity contribution in [2.75, 3.05) is 33.0 Å². The summed E-state index contributed by atoms with van der Waals surface area (Å²) in [6.07, 6.45) is 49.4. The lowest BCUT2D eigenvalue weighted by Crippen LogP contribution is -2.61. The van der Waals surface area contributed by atoms with Crippen molar-refractivity contribution in [1.82, 2.24) is 0 Å². The molecule has 2 aliphatic heterocycles. The molecule has 14 heteroatoms. The molecule has 2 heterocycles. The maximum absolute atomic E-state index is 13.0. The van der Waals surface area contributed by atoms with Crippen molar-refractivity contribution < 1.29 is 69.0 Å². The van der Waals surface area contributed by atoms with E-state index in [1.54, 1.807) is 0 Å². The van der Waals surface area contributed by atoms with Crippen LogP contribution in [0, 0.1) is 0 Å². The Morgan fingerprint density at radius 2 is 0.827 bits per heavy atom. The summed E-state index contributed by atoms with van der Waals surface area (Å²) in [5.74, 6) is -0.447. The van der Waals surface area contributed by atoms with Gasteiger partial charge in [0.15, 0.2) is 12.6 Å². The van der Waals surface area contributed by atoms with Crippen molar-refractivity contribution in [3.8, 4) is 0 Å². The second kappa shape index (κ2) is 46.2. The van der Waals surface area contributed by atoms with Gasteiger partial charge in [-0.25, -0.2) is 0 Å². The van der Waals surface area contributed by atoms with Crippen molar-refractivity contribution in [2.24, 2.45) is 0 Å². The predicted octanol–water partition coefficient (Wildman–Crippen LogP) is 9.52. The maximum Gasteiger partial charge on any atom is 0.306 e. The largest absolute Gasteiger partial charge is 0.457 e. The highest BCUT2D eigenvalue weighted by molar-refractivity contribution is 5.69. The summed E-state index contributed by atoms with van der Waals surface area (Å²) in [6, 6.07) is 0. The van der Waals surface area contributed by atoms with Crippen LogP contribution in [0.4, 0.5) is 0 Å². The lowest BCUT2D eigenvalue weighted by Gasteiger charge is -2.42. The summed E-state index contributed by atoms with van der Waals surface area (Å²) < 4.78 is 34.2. The zero-order chi connectivity index (χ0) is 54.4. The Hall–Kier alpha value is -3.87. The Kier molecular flexibility index (Phi) is 41.5. The number of aliphatic hydroxyl groups is 7. The Morgan fingerprint density at radius 3 is 1.29 bits per heavy atom. The second-order valence-corrected chi connectivity index (χ2v) is 18.6. The van der Waals surface area contributed by atoms with Crippen molar-refractivity contribution in [3.05, 3.63) is 134 Å². The topological polar surface area (TPSA) is 214 Å². The Morgan fingerprint density at radius 1 is 0.440 bits per heavy atom. The number of ether oxygens (including phenoxy) is 6. The molecule has 0 bridgehead atoms. The van der Waals surface area contributed by atoms with E-state index < -0.39 is 86.7 Å². The van der Waals surface area contributed by atoms with Crippen LogP contribution in [-0.2, 0) is 33.2 Å². The van der Waals surface area contributed by atoms with Gasteiger partial charge in [0.2, 0.25) is 0 Å². The molecule has 0 aliphatic carbocycles. The highest BCUT2D eigenvalue weighted by Crippen LogP contribution is 2.26. The average molecular weight is 1050 g/mol. The first kappa shape index (κ1) is 67.2. The Labute approximate surface area is 449 Å². The Balaban J connectivity index is 1.79. The molecule has 0 aromatic rings. The molecule has 0 amide bonds. The van der Waals surface area contributed by atoms with Gasteiger partial charge in [-0.2, -0.15) is 0 Å². The molecule has 2 fully saturated rings. The molecule has 0 aromatic carbocycles. The fourth-order valence-electron chi connectivity index (χ4n) is 7.73. The number of aliphatic hydroxyl groups excluding tert-OH is 7. The molecule has 11 atom stereocenters. The smallest absolute Gasteiger partial charge is 0.306 e. The molecular weight excluding hydrogens is 957 g/mol. The normalized spacial score (nSPS) is 25.7. The quantitative estimate of drug-likeness (QED) is 0.0172. The lowest BCUT2D eigenvalue weighted by molar-refractivity contribution is -0.332. The van der Waals surface area contributed by atoms with Gasteiger partial charge in [-0.3, -0.25) is 4.79 Å². The molecule has 2 saturated heterocycles. The van der Waals surface area contributed by atoms with E-state index in [1.165, 1.54) is 0 Å². The number of hydrogen-bond acceptors (Lipinski definition) is 14. The Bertz CT molecular complexity index is 1740. The van der Waals surface area contributed by atoms with E-state index in [0.29, 0.717) is 19.4 Å². The minimum Gasteiger partial charge on any atom is -0.457 e.